The second-order valence-corrected chi connectivity index (χ2v) is 5.64. The first kappa shape index (κ1) is 10.3. The zero-order chi connectivity index (χ0) is 11.9. The summed E-state index contributed by atoms with van der Waals surface area (Å²) >= 11 is 1.71. The molecule has 3 heterocycles. The van der Waals surface area contributed by atoms with Gasteiger partial charge >= 0.3 is 0 Å². The third-order valence-electron chi connectivity index (χ3n) is 3.51. The fraction of sp³-hybridized carbons (Fsp3) is 0.214. The molecule has 1 fully saturated rings. The Kier molecular flexibility index (Phi) is 2.25. The molecule has 1 aliphatic heterocycles. The van der Waals surface area contributed by atoms with Gasteiger partial charge in [-0.1, -0.05) is 12.1 Å². The molecule has 18 heavy (non-hydrogen) atoms. The first-order chi connectivity index (χ1) is 8.90. The van der Waals surface area contributed by atoms with Crippen LogP contribution in [-0.2, 0) is 0 Å². The minimum atomic E-state index is 0.669. The number of benzene rings is 1. The Balaban J connectivity index is 1.80. The lowest BCUT2D eigenvalue weighted by Gasteiger charge is -2.27. The Bertz CT molecular complexity index is 680. The quantitative estimate of drug-likeness (QED) is 0.739. The molecule has 1 aromatic carbocycles. The number of nitrogens with one attached hydrogen (secondary N) is 2. The van der Waals surface area contributed by atoms with Crippen molar-refractivity contribution in [3.05, 3.63) is 41.3 Å². The molecule has 0 atom stereocenters. The molecule has 90 valence electrons. The van der Waals surface area contributed by atoms with Crippen LogP contribution in [0.15, 0.2) is 35.7 Å². The van der Waals surface area contributed by atoms with Crippen molar-refractivity contribution in [2.45, 2.75) is 5.92 Å². The van der Waals surface area contributed by atoms with Gasteiger partial charge in [0.2, 0.25) is 0 Å². The van der Waals surface area contributed by atoms with Crippen LogP contribution in [0.5, 0.6) is 0 Å². The predicted octanol–water partition coefficient (Wildman–Crippen LogP) is 2.98. The molecule has 0 unspecified atom stereocenters. The monoisotopic (exact) mass is 255 g/mol. The van der Waals surface area contributed by atoms with Crippen molar-refractivity contribution in [2.24, 2.45) is 0 Å². The zero-order valence-electron chi connectivity index (χ0n) is 9.81. The van der Waals surface area contributed by atoms with Gasteiger partial charge in [-0.2, -0.15) is 0 Å². The van der Waals surface area contributed by atoms with Crippen LogP contribution in [0.4, 0.5) is 0 Å². The number of nitrogens with zero attached hydrogens (tertiary/aromatic N) is 1. The molecule has 0 amide bonds. The lowest BCUT2D eigenvalue weighted by Crippen LogP contribution is -2.39. The molecule has 4 heteroatoms. The first-order valence-corrected chi connectivity index (χ1v) is 7.02. The molecule has 1 aliphatic rings. The van der Waals surface area contributed by atoms with Gasteiger partial charge in [0, 0.05) is 19.0 Å². The van der Waals surface area contributed by atoms with Crippen molar-refractivity contribution < 1.29 is 0 Å². The number of fused-ring (bicyclic) bond motifs is 1. The first-order valence-electron chi connectivity index (χ1n) is 6.14. The van der Waals surface area contributed by atoms with Gasteiger partial charge in [0.15, 0.2) is 0 Å². The molecule has 0 radical (unpaired) electrons. The number of imidazole rings is 1. The second kappa shape index (κ2) is 3.93. The zero-order valence-corrected chi connectivity index (χ0v) is 10.6. The summed E-state index contributed by atoms with van der Waals surface area (Å²) in [6.07, 6.45) is 0. The maximum atomic E-state index is 4.64. The van der Waals surface area contributed by atoms with Crippen LogP contribution in [0.3, 0.4) is 0 Å². The Morgan fingerprint density at radius 1 is 1.22 bits per heavy atom. The van der Waals surface area contributed by atoms with E-state index in [1.54, 1.807) is 11.3 Å². The van der Waals surface area contributed by atoms with Crippen molar-refractivity contribution in [3.8, 4) is 10.7 Å². The van der Waals surface area contributed by atoms with Crippen molar-refractivity contribution in [2.75, 3.05) is 13.1 Å². The average molecular weight is 255 g/mol. The second-order valence-electron chi connectivity index (χ2n) is 4.69. The van der Waals surface area contributed by atoms with E-state index in [0.29, 0.717) is 5.92 Å². The third-order valence-corrected chi connectivity index (χ3v) is 4.39. The molecular formula is C14H13N3S. The molecule has 0 bridgehead atoms. The van der Waals surface area contributed by atoms with Gasteiger partial charge in [-0.05, 0) is 29.1 Å². The van der Waals surface area contributed by atoms with Crippen molar-refractivity contribution in [1.29, 1.82) is 0 Å². The molecule has 0 spiro atoms. The molecule has 1 saturated heterocycles. The van der Waals surface area contributed by atoms with Crippen molar-refractivity contribution >= 4 is 22.4 Å². The highest BCUT2D eigenvalue weighted by Crippen LogP contribution is 2.27. The number of H-pyrrole nitrogens is 1. The minimum absolute atomic E-state index is 0.669. The number of thiophene rings is 1. The molecule has 0 aliphatic carbocycles. The summed E-state index contributed by atoms with van der Waals surface area (Å²) in [5, 5.41) is 5.39. The summed E-state index contributed by atoms with van der Waals surface area (Å²) in [6, 6.07) is 10.7. The van der Waals surface area contributed by atoms with E-state index in [2.05, 4.69) is 51.0 Å². The smallest absolute Gasteiger partial charge is 0.148 e. The summed E-state index contributed by atoms with van der Waals surface area (Å²) in [4.78, 5) is 9.25. The number of aromatic nitrogens is 2. The summed E-state index contributed by atoms with van der Waals surface area (Å²) in [5.74, 6) is 1.65. The number of hydrogen-bond donors (Lipinski definition) is 2. The van der Waals surface area contributed by atoms with E-state index in [1.165, 1.54) is 10.4 Å². The van der Waals surface area contributed by atoms with Crippen LogP contribution in [0.1, 0.15) is 11.5 Å². The molecule has 3 aromatic rings. The fourth-order valence-corrected chi connectivity index (χ4v) is 3.00. The van der Waals surface area contributed by atoms with E-state index in [0.717, 1.165) is 29.9 Å². The maximum Gasteiger partial charge on any atom is 0.148 e. The summed E-state index contributed by atoms with van der Waals surface area (Å²) in [5.41, 5.74) is 3.60. The van der Waals surface area contributed by atoms with E-state index in [1.807, 2.05) is 0 Å². The molecule has 2 N–H and O–H groups in total. The highest BCUT2D eigenvalue weighted by molar-refractivity contribution is 7.13. The summed E-state index contributed by atoms with van der Waals surface area (Å²) in [6.45, 7) is 2.19. The Morgan fingerprint density at radius 3 is 2.89 bits per heavy atom. The lowest BCUT2D eigenvalue weighted by molar-refractivity contribution is 0.449. The fourth-order valence-electron chi connectivity index (χ4n) is 2.34. The molecule has 4 rings (SSSR count). The van der Waals surface area contributed by atoms with Crippen molar-refractivity contribution in [3.63, 3.8) is 0 Å². The number of rotatable bonds is 2. The minimum Gasteiger partial charge on any atom is -0.337 e. The van der Waals surface area contributed by atoms with Crippen LogP contribution < -0.4 is 5.32 Å². The molecule has 3 nitrogen and oxygen atoms in total. The number of hydrogen-bond acceptors (Lipinski definition) is 3. The van der Waals surface area contributed by atoms with Gasteiger partial charge in [0.25, 0.3) is 0 Å². The molecule has 2 aromatic heterocycles. The molecule has 0 saturated carbocycles. The predicted molar refractivity (Wildman–Crippen MR) is 75.0 cm³/mol. The van der Waals surface area contributed by atoms with E-state index in [-0.39, 0.29) is 0 Å². The normalized spacial score (nSPS) is 16.0. The van der Waals surface area contributed by atoms with Crippen molar-refractivity contribution in [1.82, 2.24) is 15.3 Å². The Labute approximate surface area is 109 Å². The Hall–Kier alpha value is -1.65. The van der Waals surface area contributed by atoms with Gasteiger partial charge < -0.3 is 10.3 Å². The van der Waals surface area contributed by atoms with Crippen LogP contribution in [-0.4, -0.2) is 23.1 Å². The van der Waals surface area contributed by atoms with Crippen LogP contribution >= 0.6 is 11.3 Å². The topological polar surface area (TPSA) is 40.7 Å². The van der Waals surface area contributed by atoms with Crippen LogP contribution in [0.2, 0.25) is 0 Å². The average Bonchev–Trinajstić information content (AvgIpc) is 2.94. The van der Waals surface area contributed by atoms with Gasteiger partial charge in [0.1, 0.15) is 5.82 Å². The highest BCUT2D eigenvalue weighted by atomic mass is 32.1. The largest absolute Gasteiger partial charge is 0.337 e. The third kappa shape index (κ3) is 1.57. The lowest BCUT2D eigenvalue weighted by atomic mass is 9.93. The van der Waals surface area contributed by atoms with Gasteiger partial charge in [0.05, 0.1) is 15.9 Å². The standard InChI is InChI=1S/C14H13N3S/c1-2-13(18-5-1)14-16-11-4-3-9(6-12(11)17-14)10-7-15-8-10/h1-6,10,15H,7-8H2,(H,16,17). The SMILES string of the molecule is c1csc(-c2nc3ccc(C4CNC4)cc3[nH]2)c1. The van der Waals surface area contributed by atoms with Crippen LogP contribution in [0, 0.1) is 0 Å². The van der Waals surface area contributed by atoms with Crippen LogP contribution in [0.25, 0.3) is 21.7 Å². The summed E-state index contributed by atoms with van der Waals surface area (Å²) in [7, 11) is 0. The van der Waals surface area contributed by atoms with Gasteiger partial charge in [-0.3, -0.25) is 0 Å². The summed E-state index contributed by atoms with van der Waals surface area (Å²) < 4.78 is 0. The van der Waals surface area contributed by atoms with E-state index >= 15 is 0 Å². The Morgan fingerprint density at radius 2 is 2.17 bits per heavy atom. The van der Waals surface area contributed by atoms with E-state index in [9.17, 15) is 0 Å². The van der Waals surface area contributed by atoms with Gasteiger partial charge in [-0.15, -0.1) is 11.3 Å². The van der Waals surface area contributed by atoms with E-state index < -0.39 is 0 Å². The van der Waals surface area contributed by atoms with Gasteiger partial charge in [-0.25, -0.2) is 4.98 Å². The molecular weight excluding hydrogens is 242 g/mol. The number of aromatic amines is 1. The van der Waals surface area contributed by atoms with E-state index in [4.69, 9.17) is 0 Å². The maximum absolute atomic E-state index is 4.64. The highest BCUT2D eigenvalue weighted by Gasteiger charge is 2.19.